The van der Waals surface area contributed by atoms with Gasteiger partial charge in [-0.05, 0) is 18.2 Å². The van der Waals surface area contributed by atoms with Crippen molar-refractivity contribution in [2.24, 2.45) is 0 Å². The number of carbonyl (C=O) groups excluding carboxylic acids is 1. The fourth-order valence-electron chi connectivity index (χ4n) is 1.42. The zero-order valence-electron chi connectivity index (χ0n) is 9.19. The Labute approximate surface area is 122 Å². The fraction of sp³-hybridized carbons (Fsp3) is 0.0909. The lowest BCUT2D eigenvalue weighted by Gasteiger charge is -2.07. The number of hydrogen-bond donors (Lipinski definition) is 2. The number of halogens is 1. The van der Waals surface area contributed by atoms with Gasteiger partial charge < -0.3 is 15.2 Å². The Morgan fingerprint density at radius 1 is 1.56 bits per heavy atom. The van der Waals surface area contributed by atoms with Crippen molar-refractivity contribution in [1.29, 1.82) is 0 Å². The summed E-state index contributed by atoms with van der Waals surface area (Å²) in [5.74, 6) is 0.0602. The molecule has 18 heavy (non-hydrogen) atoms. The molecule has 1 aromatic carbocycles. The van der Waals surface area contributed by atoms with Crippen LogP contribution in [0.4, 0.5) is 0 Å². The van der Waals surface area contributed by atoms with Crippen molar-refractivity contribution in [3.8, 4) is 11.5 Å². The molecule has 0 radical (unpaired) electrons. The monoisotopic (exact) mass is 345 g/mol. The van der Waals surface area contributed by atoms with E-state index in [0.717, 1.165) is 16.2 Å². The van der Waals surface area contributed by atoms with E-state index in [4.69, 9.17) is 17.0 Å². The van der Waals surface area contributed by atoms with Gasteiger partial charge in [-0.25, -0.2) is 0 Å². The Hall–Kier alpha value is -1.05. The van der Waals surface area contributed by atoms with Crippen LogP contribution in [0.25, 0.3) is 6.08 Å². The van der Waals surface area contributed by atoms with Gasteiger partial charge in [-0.15, -0.1) is 0 Å². The number of phenolic OH excluding ortho intramolecular Hbond substituents is 1. The van der Waals surface area contributed by atoms with Gasteiger partial charge in [-0.1, -0.05) is 39.9 Å². The van der Waals surface area contributed by atoms with E-state index in [-0.39, 0.29) is 11.7 Å². The summed E-state index contributed by atoms with van der Waals surface area (Å²) in [4.78, 5) is 12.0. The first-order valence-corrected chi connectivity index (χ1v) is 6.84. The largest absolute Gasteiger partial charge is 0.504 e. The fourth-order valence-corrected chi connectivity index (χ4v) is 2.91. The van der Waals surface area contributed by atoms with Crippen molar-refractivity contribution in [2.75, 3.05) is 7.11 Å². The maximum atomic E-state index is 11.5. The normalized spacial score (nSPS) is 17.1. The third-order valence-corrected chi connectivity index (χ3v) is 3.84. The van der Waals surface area contributed by atoms with Gasteiger partial charge in [0.25, 0.3) is 5.91 Å². The van der Waals surface area contributed by atoms with E-state index < -0.39 is 0 Å². The Morgan fingerprint density at radius 3 is 2.83 bits per heavy atom. The molecule has 94 valence electrons. The lowest BCUT2D eigenvalue weighted by Crippen LogP contribution is -2.17. The van der Waals surface area contributed by atoms with Crippen molar-refractivity contribution in [2.45, 2.75) is 0 Å². The first-order valence-electron chi connectivity index (χ1n) is 4.82. The summed E-state index contributed by atoms with van der Waals surface area (Å²) in [6.45, 7) is 0. The summed E-state index contributed by atoms with van der Waals surface area (Å²) < 4.78 is 6.19. The summed E-state index contributed by atoms with van der Waals surface area (Å²) in [6, 6.07) is 3.34. The number of amides is 1. The molecule has 1 aliphatic rings. The molecule has 0 aromatic heterocycles. The number of carbonyl (C=O) groups is 1. The standard InChI is InChI=1S/C11H8BrNO3S2/c1-16-7-4-6(12)2-5(9(7)14)3-8-10(15)13-11(17)18-8/h2-4,14H,1H3,(H,13,15,17)/b8-3-. The van der Waals surface area contributed by atoms with Crippen LogP contribution in [0.5, 0.6) is 11.5 Å². The molecule has 2 rings (SSSR count). The number of phenols is 1. The van der Waals surface area contributed by atoms with Gasteiger partial charge >= 0.3 is 0 Å². The van der Waals surface area contributed by atoms with Gasteiger partial charge in [0, 0.05) is 10.0 Å². The maximum Gasteiger partial charge on any atom is 0.263 e. The summed E-state index contributed by atoms with van der Waals surface area (Å²) in [6.07, 6.45) is 1.57. The average molecular weight is 346 g/mol. The second-order valence-corrected chi connectivity index (χ2v) is 6.03. The molecular formula is C11H8BrNO3S2. The van der Waals surface area contributed by atoms with Crippen molar-refractivity contribution < 1.29 is 14.6 Å². The van der Waals surface area contributed by atoms with E-state index in [9.17, 15) is 9.90 Å². The van der Waals surface area contributed by atoms with Crippen molar-refractivity contribution in [1.82, 2.24) is 5.32 Å². The number of aromatic hydroxyl groups is 1. The number of benzene rings is 1. The van der Waals surface area contributed by atoms with Crippen LogP contribution in [0.2, 0.25) is 0 Å². The Balaban J connectivity index is 2.46. The minimum absolute atomic E-state index is 0.0144. The highest BCUT2D eigenvalue weighted by molar-refractivity contribution is 9.10. The molecular weight excluding hydrogens is 338 g/mol. The molecule has 0 atom stereocenters. The van der Waals surface area contributed by atoms with Crippen molar-refractivity contribution >= 4 is 56.2 Å². The van der Waals surface area contributed by atoms with Crippen LogP contribution >= 0.6 is 39.9 Å². The van der Waals surface area contributed by atoms with Crippen LogP contribution in [0.1, 0.15) is 5.56 Å². The van der Waals surface area contributed by atoms with Crippen LogP contribution < -0.4 is 10.1 Å². The molecule has 0 aliphatic carbocycles. The third-order valence-electron chi connectivity index (χ3n) is 2.22. The van der Waals surface area contributed by atoms with Gasteiger partial charge in [0.15, 0.2) is 11.5 Å². The van der Waals surface area contributed by atoms with Crippen LogP contribution in [0, 0.1) is 0 Å². The van der Waals surface area contributed by atoms with Crippen LogP contribution in [0.3, 0.4) is 0 Å². The van der Waals surface area contributed by atoms with Crippen LogP contribution in [-0.4, -0.2) is 22.4 Å². The zero-order valence-corrected chi connectivity index (χ0v) is 12.4. The molecule has 2 N–H and O–H groups in total. The Morgan fingerprint density at radius 2 is 2.28 bits per heavy atom. The molecule has 0 bridgehead atoms. The van der Waals surface area contributed by atoms with E-state index in [1.165, 1.54) is 7.11 Å². The molecule has 0 unspecified atom stereocenters. The molecule has 1 aliphatic heterocycles. The Bertz CT molecular complexity index is 572. The minimum Gasteiger partial charge on any atom is -0.504 e. The highest BCUT2D eigenvalue weighted by atomic mass is 79.9. The van der Waals surface area contributed by atoms with E-state index in [1.807, 2.05) is 0 Å². The molecule has 1 amide bonds. The van der Waals surface area contributed by atoms with Crippen molar-refractivity contribution in [3.05, 3.63) is 27.1 Å². The van der Waals surface area contributed by atoms with E-state index >= 15 is 0 Å². The molecule has 1 heterocycles. The number of ether oxygens (including phenoxy) is 1. The number of rotatable bonds is 2. The average Bonchev–Trinajstić information content (AvgIpc) is 2.62. The number of hydrogen-bond acceptors (Lipinski definition) is 5. The molecule has 1 saturated heterocycles. The number of thioether (sulfide) groups is 1. The van der Waals surface area contributed by atoms with Crippen molar-refractivity contribution in [3.63, 3.8) is 0 Å². The lowest BCUT2D eigenvalue weighted by atomic mass is 10.1. The first-order chi connectivity index (χ1) is 8.51. The highest BCUT2D eigenvalue weighted by Gasteiger charge is 2.22. The molecule has 7 heteroatoms. The minimum atomic E-state index is -0.261. The SMILES string of the molecule is COc1cc(Br)cc(/C=C2\SC(=S)NC2=O)c1O. The van der Waals surface area contributed by atoms with Gasteiger partial charge in [0.05, 0.1) is 12.0 Å². The number of methoxy groups -OCH3 is 1. The zero-order chi connectivity index (χ0) is 13.3. The Kier molecular flexibility index (Phi) is 3.94. The summed E-state index contributed by atoms with van der Waals surface area (Å²) >= 11 is 9.36. The quantitative estimate of drug-likeness (QED) is 0.637. The van der Waals surface area contributed by atoms with Crippen LogP contribution in [-0.2, 0) is 4.79 Å². The van der Waals surface area contributed by atoms with Gasteiger partial charge in [0.2, 0.25) is 0 Å². The lowest BCUT2D eigenvalue weighted by molar-refractivity contribution is -0.115. The predicted molar refractivity (Wildman–Crippen MR) is 78.7 cm³/mol. The third kappa shape index (κ3) is 2.68. The molecule has 0 saturated carbocycles. The highest BCUT2D eigenvalue weighted by Crippen LogP contribution is 2.36. The van der Waals surface area contributed by atoms with Gasteiger partial charge in [-0.2, -0.15) is 0 Å². The molecule has 1 aromatic rings. The van der Waals surface area contributed by atoms with Crippen LogP contribution in [0.15, 0.2) is 21.5 Å². The molecule has 4 nitrogen and oxygen atoms in total. The smallest absolute Gasteiger partial charge is 0.263 e. The van der Waals surface area contributed by atoms with E-state index in [1.54, 1.807) is 18.2 Å². The topological polar surface area (TPSA) is 58.6 Å². The number of thiocarbonyl (C=S) groups is 1. The molecule has 0 spiro atoms. The van der Waals surface area contributed by atoms with E-state index in [0.29, 0.717) is 20.5 Å². The van der Waals surface area contributed by atoms with Gasteiger partial charge in [-0.3, -0.25) is 4.79 Å². The number of nitrogens with one attached hydrogen (secondary N) is 1. The first kappa shape index (κ1) is 13.4. The second kappa shape index (κ2) is 5.29. The van der Waals surface area contributed by atoms with E-state index in [2.05, 4.69) is 21.2 Å². The maximum absolute atomic E-state index is 11.5. The summed E-state index contributed by atoms with van der Waals surface area (Å²) in [5.41, 5.74) is 0.489. The second-order valence-electron chi connectivity index (χ2n) is 3.40. The predicted octanol–water partition coefficient (Wildman–Crippen LogP) is 2.65. The van der Waals surface area contributed by atoms with Gasteiger partial charge in [0.1, 0.15) is 4.32 Å². The molecule has 1 fully saturated rings. The summed E-state index contributed by atoms with van der Waals surface area (Å²) in [7, 11) is 1.46. The summed E-state index contributed by atoms with van der Waals surface area (Å²) in [5, 5.41) is 12.5.